The van der Waals surface area contributed by atoms with Crippen molar-refractivity contribution in [2.45, 2.75) is 38.5 Å². The molecule has 4 rings (SSSR count). The number of alkyl halides is 3. The number of ether oxygens (including phenoxy) is 1. The van der Waals surface area contributed by atoms with Gasteiger partial charge in [0.1, 0.15) is 5.75 Å². The minimum atomic E-state index is -4.30. The fraction of sp³-hybridized carbons (Fsp3) is 0.391. The molecule has 0 N–H and O–H groups in total. The molecule has 0 bridgehead atoms. The van der Waals surface area contributed by atoms with Crippen LogP contribution in [0.1, 0.15) is 35.3 Å². The molecule has 0 saturated carbocycles. The van der Waals surface area contributed by atoms with Crippen molar-refractivity contribution in [3.8, 4) is 5.75 Å². The van der Waals surface area contributed by atoms with Crippen LogP contribution in [0, 0.1) is 0 Å². The fourth-order valence-corrected chi connectivity index (χ4v) is 4.33. The summed E-state index contributed by atoms with van der Waals surface area (Å²) in [5.41, 5.74) is 4.12. The summed E-state index contributed by atoms with van der Waals surface area (Å²) in [6.07, 6.45) is -2.65. The number of benzene rings is 2. The molecule has 0 fully saturated rings. The van der Waals surface area contributed by atoms with E-state index in [1.807, 2.05) is 6.07 Å². The van der Waals surface area contributed by atoms with E-state index in [4.69, 9.17) is 4.74 Å². The summed E-state index contributed by atoms with van der Waals surface area (Å²) in [5.74, 6) is 0.834. The van der Waals surface area contributed by atoms with Gasteiger partial charge in [0.05, 0.1) is 12.7 Å². The highest BCUT2D eigenvalue weighted by Gasteiger charge is 2.30. The molecule has 1 aliphatic rings. The van der Waals surface area contributed by atoms with Crippen LogP contribution in [-0.4, -0.2) is 30.2 Å². The Hall–Kier alpha value is -2.47. The van der Waals surface area contributed by atoms with Crippen LogP contribution in [0.3, 0.4) is 0 Å². The molecule has 3 nitrogen and oxygen atoms in total. The van der Waals surface area contributed by atoms with Crippen molar-refractivity contribution in [1.82, 2.24) is 9.47 Å². The Balaban J connectivity index is 1.69. The number of hydrogen-bond donors (Lipinski definition) is 0. The second-order valence-electron chi connectivity index (χ2n) is 7.75. The van der Waals surface area contributed by atoms with E-state index in [1.54, 1.807) is 19.2 Å². The highest BCUT2D eigenvalue weighted by atomic mass is 19.4. The SMILES string of the molecule is COc1ccc2c(c1)c1c(n2CCc2ccc(C(F)(F)F)cc2)CCN(C)C1C. The molecule has 0 spiro atoms. The molecule has 29 heavy (non-hydrogen) atoms. The van der Waals surface area contributed by atoms with Crippen LogP contribution in [0.15, 0.2) is 42.5 Å². The molecule has 2 aromatic carbocycles. The predicted octanol–water partition coefficient (Wildman–Crippen LogP) is 5.46. The first kappa shape index (κ1) is 19.8. The zero-order valence-corrected chi connectivity index (χ0v) is 16.9. The third-order valence-electron chi connectivity index (χ3n) is 6.11. The summed E-state index contributed by atoms with van der Waals surface area (Å²) in [7, 11) is 3.81. The lowest BCUT2D eigenvalue weighted by Gasteiger charge is -2.31. The lowest BCUT2D eigenvalue weighted by atomic mass is 9.97. The fourth-order valence-electron chi connectivity index (χ4n) is 4.33. The molecule has 0 amide bonds. The van der Waals surface area contributed by atoms with Crippen LogP contribution in [0.25, 0.3) is 10.9 Å². The number of nitrogens with zero attached hydrogens (tertiary/aromatic N) is 2. The van der Waals surface area contributed by atoms with Gasteiger partial charge in [-0.05, 0) is 61.9 Å². The van der Waals surface area contributed by atoms with Crippen LogP contribution in [0.4, 0.5) is 13.2 Å². The van der Waals surface area contributed by atoms with E-state index >= 15 is 0 Å². The number of aromatic nitrogens is 1. The van der Waals surface area contributed by atoms with E-state index in [-0.39, 0.29) is 0 Å². The standard InChI is InChI=1S/C23H25F3N2O/c1-15-22-19-14-18(29-3)8-9-20(19)28(21(22)11-12-27(15)2)13-10-16-4-6-17(7-5-16)23(24,25)26/h4-9,14-15H,10-13H2,1-3H3. The van der Waals surface area contributed by atoms with Gasteiger partial charge in [-0.3, -0.25) is 4.90 Å². The first-order valence-corrected chi connectivity index (χ1v) is 9.85. The molecule has 0 radical (unpaired) electrons. The van der Waals surface area contributed by atoms with Crippen molar-refractivity contribution >= 4 is 10.9 Å². The molecular formula is C23H25F3N2O. The van der Waals surface area contributed by atoms with Gasteiger partial charge in [0.15, 0.2) is 0 Å². The van der Waals surface area contributed by atoms with Crippen LogP contribution >= 0.6 is 0 Å². The minimum Gasteiger partial charge on any atom is -0.497 e. The average Bonchev–Trinajstić information content (AvgIpc) is 3.02. The van der Waals surface area contributed by atoms with Crippen LogP contribution < -0.4 is 4.74 Å². The Morgan fingerprint density at radius 3 is 2.48 bits per heavy atom. The number of likely N-dealkylation sites (N-methyl/N-ethyl adjacent to an activating group) is 1. The normalized spacial score (nSPS) is 17.5. The largest absolute Gasteiger partial charge is 0.497 e. The highest BCUT2D eigenvalue weighted by molar-refractivity contribution is 5.87. The van der Waals surface area contributed by atoms with E-state index in [0.29, 0.717) is 12.5 Å². The van der Waals surface area contributed by atoms with E-state index in [1.165, 1.54) is 28.8 Å². The van der Waals surface area contributed by atoms with Crippen molar-refractivity contribution in [2.75, 3.05) is 20.7 Å². The molecule has 0 aliphatic carbocycles. The zero-order chi connectivity index (χ0) is 20.8. The van der Waals surface area contributed by atoms with Crippen molar-refractivity contribution in [1.29, 1.82) is 0 Å². The Bertz CT molecular complexity index is 1020. The van der Waals surface area contributed by atoms with Gasteiger partial charge in [-0.15, -0.1) is 0 Å². The summed E-state index contributed by atoms with van der Waals surface area (Å²) < 4.78 is 46.2. The third kappa shape index (κ3) is 3.62. The van der Waals surface area contributed by atoms with E-state index in [2.05, 4.69) is 35.6 Å². The summed E-state index contributed by atoms with van der Waals surface area (Å²) in [6, 6.07) is 12.0. The number of aryl methyl sites for hydroxylation is 2. The third-order valence-corrected chi connectivity index (χ3v) is 6.11. The lowest BCUT2D eigenvalue weighted by Crippen LogP contribution is -2.31. The smallest absolute Gasteiger partial charge is 0.416 e. The summed E-state index contributed by atoms with van der Waals surface area (Å²) in [4.78, 5) is 2.35. The van der Waals surface area contributed by atoms with E-state index in [9.17, 15) is 13.2 Å². The first-order valence-electron chi connectivity index (χ1n) is 9.85. The zero-order valence-electron chi connectivity index (χ0n) is 16.9. The van der Waals surface area contributed by atoms with Gasteiger partial charge in [-0.25, -0.2) is 0 Å². The van der Waals surface area contributed by atoms with Crippen molar-refractivity contribution in [3.05, 3.63) is 64.8 Å². The van der Waals surface area contributed by atoms with Crippen molar-refractivity contribution < 1.29 is 17.9 Å². The maximum absolute atomic E-state index is 12.8. The molecular weight excluding hydrogens is 377 g/mol. The molecule has 0 saturated heterocycles. The second-order valence-corrected chi connectivity index (χ2v) is 7.75. The molecule has 6 heteroatoms. The minimum absolute atomic E-state index is 0.306. The number of fused-ring (bicyclic) bond motifs is 3. The molecule has 1 aliphatic heterocycles. The van der Waals surface area contributed by atoms with Gasteiger partial charge < -0.3 is 9.30 Å². The molecule has 154 valence electrons. The maximum Gasteiger partial charge on any atom is 0.416 e. The number of hydrogen-bond acceptors (Lipinski definition) is 2. The van der Waals surface area contributed by atoms with Gasteiger partial charge in [-0.2, -0.15) is 13.2 Å². The summed E-state index contributed by atoms with van der Waals surface area (Å²) in [5, 5.41) is 1.20. The molecule has 1 unspecified atom stereocenters. The number of methoxy groups -OCH3 is 1. The van der Waals surface area contributed by atoms with Gasteiger partial charge >= 0.3 is 6.18 Å². The van der Waals surface area contributed by atoms with Gasteiger partial charge in [0.25, 0.3) is 0 Å². The van der Waals surface area contributed by atoms with Crippen molar-refractivity contribution in [3.63, 3.8) is 0 Å². The molecule has 3 aromatic rings. The Kier molecular flexibility index (Phi) is 5.07. The monoisotopic (exact) mass is 402 g/mol. The van der Waals surface area contributed by atoms with Gasteiger partial charge in [-0.1, -0.05) is 12.1 Å². The van der Waals surface area contributed by atoms with E-state index < -0.39 is 11.7 Å². The van der Waals surface area contributed by atoms with E-state index in [0.717, 1.165) is 36.3 Å². The Morgan fingerprint density at radius 2 is 1.83 bits per heavy atom. The van der Waals surface area contributed by atoms with Gasteiger partial charge in [0, 0.05) is 42.1 Å². The summed E-state index contributed by atoms with van der Waals surface area (Å²) in [6.45, 7) is 3.94. The molecule has 2 heterocycles. The van der Waals surface area contributed by atoms with Crippen LogP contribution in [-0.2, 0) is 25.6 Å². The van der Waals surface area contributed by atoms with Crippen LogP contribution in [0.5, 0.6) is 5.75 Å². The average molecular weight is 402 g/mol. The second kappa shape index (κ2) is 7.41. The molecule has 1 aromatic heterocycles. The van der Waals surface area contributed by atoms with Crippen LogP contribution in [0.2, 0.25) is 0 Å². The van der Waals surface area contributed by atoms with Crippen molar-refractivity contribution in [2.24, 2.45) is 0 Å². The number of rotatable bonds is 4. The lowest BCUT2D eigenvalue weighted by molar-refractivity contribution is -0.137. The highest BCUT2D eigenvalue weighted by Crippen LogP contribution is 2.38. The quantitative estimate of drug-likeness (QED) is 0.577. The first-order chi connectivity index (χ1) is 13.8. The van der Waals surface area contributed by atoms with Gasteiger partial charge in [0.2, 0.25) is 0 Å². The summed E-state index contributed by atoms with van der Waals surface area (Å²) >= 11 is 0. The Morgan fingerprint density at radius 1 is 1.10 bits per heavy atom. The predicted molar refractivity (Wildman–Crippen MR) is 108 cm³/mol. The maximum atomic E-state index is 12.8. The topological polar surface area (TPSA) is 17.4 Å². The molecule has 1 atom stereocenters. The Labute approximate surface area is 168 Å². The number of halogens is 3.